The predicted octanol–water partition coefficient (Wildman–Crippen LogP) is 1.91. The van der Waals surface area contributed by atoms with Crippen LogP contribution in [0.5, 0.6) is 0 Å². The van der Waals surface area contributed by atoms with Gasteiger partial charge in [0.15, 0.2) is 0 Å². The molecule has 0 aliphatic carbocycles. The van der Waals surface area contributed by atoms with Crippen LogP contribution in [0.4, 0.5) is 0 Å². The molecule has 8 heteroatoms. The Labute approximate surface area is 154 Å². The third-order valence-corrected chi connectivity index (χ3v) is 4.02. The number of nitrogens with one attached hydrogen (secondary N) is 1. The molecule has 1 fully saturated rings. The average molecular weight is 372 g/mol. The van der Waals surface area contributed by atoms with Crippen LogP contribution in [0, 0.1) is 13.8 Å². The van der Waals surface area contributed by atoms with Crippen molar-refractivity contribution in [1.82, 2.24) is 25.0 Å². The van der Waals surface area contributed by atoms with Crippen molar-refractivity contribution < 1.29 is 4.79 Å². The first-order valence-corrected chi connectivity index (χ1v) is 7.56. The number of amides is 1. The zero-order valence-corrected chi connectivity index (χ0v) is 15.4. The van der Waals surface area contributed by atoms with E-state index in [1.54, 1.807) is 10.9 Å². The van der Waals surface area contributed by atoms with E-state index in [1.165, 1.54) is 0 Å². The lowest BCUT2D eigenvalue weighted by Gasteiger charge is -2.36. The Morgan fingerprint density at radius 1 is 1.38 bits per heavy atom. The first-order valence-electron chi connectivity index (χ1n) is 7.56. The number of piperazine rings is 1. The van der Waals surface area contributed by atoms with Crippen LogP contribution < -0.4 is 5.32 Å². The molecule has 1 aliphatic heterocycles. The van der Waals surface area contributed by atoms with E-state index >= 15 is 0 Å². The van der Waals surface area contributed by atoms with Gasteiger partial charge in [-0.3, -0.25) is 14.5 Å². The Balaban J connectivity index is 0.00000144. The lowest BCUT2D eigenvalue weighted by atomic mass is 10.1. The minimum Gasteiger partial charge on any atom is -0.331 e. The zero-order valence-electron chi connectivity index (χ0n) is 13.8. The number of hydrogen-bond acceptors (Lipinski definition) is 4. The molecule has 0 saturated carbocycles. The fourth-order valence-corrected chi connectivity index (χ4v) is 2.93. The predicted molar refractivity (Wildman–Crippen MR) is 97.8 cm³/mol. The Hall–Kier alpha value is -1.63. The lowest BCUT2D eigenvalue weighted by molar-refractivity contribution is -0.135. The maximum absolute atomic E-state index is 12.7. The fraction of sp³-hybridized carbons (Fsp3) is 0.438. The minimum atomic E-state index is 0. The molecule has 1 aliphatic rings. The van der Waals surface area contributed by atoms with Crippen LogP contribution in [0.25, 0.3) is 0 Å². The molecule has 0 aromatic carbocycles. The molecule has 2 aromatic heterocycles. The Morgan fingerprint density at radius 2 is 2.17 bits per heavy atom. The van der Waals surface area contributed by atoms with E-state index in [0.717, 1.165) is 30.0 Å². The topological polar surface area (TPSA) is 63.1 Å². The molecule has 24 heavy (non-hydrogen) atoms. The number of carbonyl (C=O) groups is 1. The van der Waals surface area contributed by atoms with Gasteiger partial charge in [-0.05, 0) is 31.5 Å². The van der Waals surface area contributed by atoms with Gasteiger partial charge < -0.3 is 10.2 Å². The van der Waals surface area contributed by atoms with Gasteiger partial charge in [-0.2, -0.15) is 5.10 Å². The number of pyridine rings is 1. The number of rotatable bonds is 3. The van der Waals surface area contributed by atoms with Gasteiger partial charge in [-0.1, -0.05) is 6.07 Å². The van der Waals surface area contributed by atoms with Crippen LogP contribution in [0.15, 0.2) is 30.6 Å². The summed E-state index contributed by atoms with van der Waals surface area (Å²) in [4.78, 5) is 18.8. The zero-order chi connectivity index (χ0) is 15.5. The van der Waals surface area contributed by atoms with E-state index in [0.29, 0.717) is 6.54 Å². The molecule has 3 heterocycles. The van der Waals surface area contributed by atoms with Crippen LogP contribution in [-0.2, 0) is 11.3 Å². The van der Waals surface area contributed by atoms with Gasteiger partial charge >= 0.3 is 0 Å². The van der Waals surface area contributed by atoms with Crippen molar-refractivity contribution in [3.05, 3.63) is 47.5 Å². The molecule has 2 aromatic rings. The van der Waals surface area contributed by atoms with Gasteiger partial charge in [0.25, 0.3) is 0 Å². The lowest BCUT2D eigenvalue weighted by Crippen LogP contribution is -2.49. The summed E-state index contributed by atoms with van der Waals surface area (Å²) in [5.74, 6) is 0.0987. The molecular formula is C16H23Cl2N5O. The standard InChI is InChI=1S/C16H21N5O.2ClH/c1-12-8-13(2)21(19-12)11-16(22)20-7-6-18-10-15(20)14-4-3-5-17-9-14;;/h3-5,8-9,15,18H,6-7,10-11H2,1-2H3;2*1H. The number of aromatic nitrogens is 3. The monoisotopic (exact) mass is 371 g/mol. The Bertz CT molecular complexity index is 662. The molecule has 132 valence electrons. The second-order valence-corrected chi connectivity index (χ2v) is 5.68. The molecule has 0 spiro atoms. The summed E-state index contributed by atoms with van der Waals surface area (Å²) in [5, 5.41) is 7.74. The number of aryl methyl sites for hydroxylation is 2. The smallest absolute Gasteiger partial charge is 0.244 e. The second-order valence-electron chi connectivity index (χ2n) is 5.68. The molecular weight excluding hydrogens is 349 g/mol. The summed E-state index contributed by atoms with van der Waals surface area (Å²) in [6, 6.07) is 5.96. The SMILES string of the molecule is Cc1cc(C)n(CC(=O)N2CCNCC2c2cccnc2)n1.Cl.Cl. The Kier molecular flexibility index (Phi) is 7.66. The molecule has 6 nitrogen and oxygen atoms in total. The van der Waals surface area contributed by atoms with E-state index in [9.17, 15) is 4.79 Å². The van der Waals surface area contributed by atoms with Crippen LogP contribution >= 0.6 is 24.8 Å². The van der Waals surface area contributed by atoms with Crippen molar-refractivity contribution in [3.8, 4) is 0 Å². The van der Waals surface area contributed by atoms with Gasteiger partial charge in [0.05, 0.1) is 11.7 Å². The van der Waals surface area contributed by atoms with Crippen LogP contribution in [0.3, 0.4) is 0 Å². The molecule has 1 N–H and O–H groups in total. The summed E-state index contributed by atoms with van der Waals surface area (Å²) in [6.07, 6.45) is 3.59. The first-order chi connectivity index (χ1) is 10.6. The van der Waals surface area contributed by atoms with Crippen LogP contribution in [0.1, 0.15) is 23.0 Å². The van der Waals surface area contributed by atoms with Gasteiger partial charge in [0.2, 0.25) is 5.91 Å². The summed E-state index contributed by atoms with van der Waals surface area (Å²) in [5.41, 5.74) is 3.02. The number of halogens is 2. The van der Waals surface area contributed by atoms with Crippen molar-refractivity contribution in [1.29, 1.82) is 0 Å². The quantitative estimate of drug-likeness (QED) is 0.894. The average Bonchev–Trinajstić information content (AvgIpc) is 2.85. The van der Waals surface area contributed by atoms with Gasteiger partial charge in [0, 0.05) is 37.7 Å². The third-order valence-electron chi connectivity index (χ3n) is 4.02. The number of nitrogens with zero attached hydrogens (tertiary/aromatic N) is 4. The molecule has 1 amide bonds. The van der Waals surface area contributed by atoms with Crippen molar-refractivity contribution >= 4 is 30.7 Å². The van der Waals surface area contributed by atoms with Crippen LogP contribution in [0.2, 0.25) is 0 Å². The molecule has 3 rings (SSSR count). The van der Waals surface area contributed by atoms with E-state index in [4.69, 9.17) is 0 Å². The first kappa shape index (κ1) is 20.4. The molecule has 1 atom stereocenters. The largest absolute Gasteiger partial charge is 0.331 e. The minimum absolute atomic E-state index is 0. The van der Waals surface area contributed by atoms with Crippen LogP contribution in [-0.4, -0.2) is 45.2 Å². The van der Waals surface area contributed by atoms with Gasteiger partial charge in [-0.15, -0.1) is 24.8 Å². The summed E-state index contributed by atoms with van der Waals surface area (Å²) < 4.78 is 1.78. The van der Waals surface area contributed by atoms with E-state index < -0.39 is 0 Å². The highest BCUT2D eigenvalue weighted by atomic mass is 35.5. The highest BCUT2D eigenvalue weighted by Crippen LogP contribution is 2.21. The molecule has 1 unspecified atom stereocenters. The van der Waals surface area contributed by atoms with E-state index in [2.05, 4.69) is 15.4 Å². The maximum atomic E-state index is 12.7. The van der Waals surface area contributed by atoms with E-state index in [-0.39, 0.29) is 43.3 Å². The maximum Gasteiger partial charge on any atom is 0.244 e. The van der Waals surface area contributed by atoms with Crippen molar-refractivity contribution in [2.75, 3.05) is 19.6 Å². The summed E-state index contributed by atoms with van der Waals surface area (Å²) in [7, 11) is 0. The number of hydrogen-bond donors (Lipinski definition) is 1. The van der Waals surface area contributed by atoms with Gasteiger partial charge in [0.1, 0.15) is 6.54 Å². The van der Waals surface area contributed by atoms with Crippen molar-refractivity contribution in [2.24, 2.45) is 0 Å². The summed E-state index contributed by atoms with van der Waals surface area (Å²) in [6.45, 7) is 6.49. The van der Waals surface area contributed by atoms with Gasteiger partial charge in [-0.25, -0.2) is 0 Å². The normalized spacial score (nSPS) is 16.9. The highest BCUT2D eigenvalue weighted by Gasteiger charge is 2.28. The third kappa shape index (κ3) is 4.47. The summed E-state index contributed by atoms with van der Waals surface area (Å²) >= 11 is 0. The van der Waals surface area contributed by atoms with Crippen molar-refractivity contribution in [2.45, 2.75) is 26.4 Å². The molecule has 0 radical (unpaired) electrons. The molecule has 1 saturated heterocycles. The number of carbonyl (C=O) groups excluding carboxylic acids is 1. The molecule has 0 bridgehead atoms. The van der Waals surface area contributed by atoms with Crippen molar-refractivity contribution in [3.63, 3.8) is 0 Å². The second kappa shape index (κ2) is 9.01. The van der Waals surface area contributed by atoms with E-state index in [1.807, 2.05) is 43.1 Å². The highest BCUT2D eigenvalue weighted by molar-refractivity contribution is 5.85. The fourth-order valence-electron chi connectivity index (χ4n) is 2.93. The Morgan fingerprint density at radius 3 is 2.79 bits per heavy atom.